The van der Waals surface area contributed by atoms with Gasteiger partial charge in [-0.05, 0) is 43.4 Å². The first-order valence-corrected chi connectivity index (χ1v) is 7.34. The van der Waals surface area contributed by atoms with Crippen molar-refractivity contribution in [2.75, 3.05) is 13.1 Å². The number of nitrogens with zero attached hydrogens (tertiary/aromatic N) is 1. The van der Waals surface area contributed by atoms with Crippen LogP contribution >= 0.6 is 0 Å². The summed E-state index contributed by atoms with van der Waals surface area (Å²) in [6.07, 6.45) is 1.76. The molecule has 1 fully saturated rings. The second-order valence-electron chi connectivity index (χ2n) is 5.83. The maximum absolute atomic E-state index is 12.1. The molecule has 0 spiro atoms. The fourth-order valence-electron chi connectivity index (χ4n) is 2.81. The molecule has 114 valence electrons. The molecule has 0 aromatic heterocycles. The van der Waals surface area contributed by atoms with Crippen LogP contribution in [0.1, 0.15) is 36.2 Å². The standard InChI is InChI=1S/C16H22N2O3/c1-11-9-12(2)18(10-11)16(21)17-8-7-13-3-5-14(6-4-13)15(19)20/h3-6,11-12H,7-10H2,1-2H3,(H,17,21)(H,19,20). The third-order valence-electron chi connectivity index (χ3n) is 3.94. The van der Waals surface area contributed by atoms with Crippen LogP contribution < -0.4 is 5.32 Å². The summed E-state index contributed by atoms with van der Waals surface area (Å²) < 4.78 is 0. The molecule has 21 heavy (non-hydrogen) atoms. The molecule has 1 aliphatic heterocycles. The predicted octanol–water partition coefficient (Wildman–Crippen LogP) is 2.37. The Labute approximate surface area is 125 Å². The minimum atomic E-state index is -0.924. The average molecular weight is 290 g/mol. The van der Waals surface area contributed by atoms with Crippen molar-refractivity contribution in [2.24, 2.45) is 5.92 Å². The number of aromatic carboxylic acids is 1. The van der Waals surface area contributed by atoms with Crippen molar-refractivity contribution < 1.29 is 14.7 Å². The molecule has 1 aliphatic rings. The number of carboxylic acid groups (broad SMARTS) is 1. The van der Waals surface area contributed by atoms with Gasteiger partial charge in [0.2, 0.25) is 0 Å². The normalized spacial score (nSPS) is 21.3. The highest BCUT2D eigenvalue weighted by molar-refractivity contribution is 5.87. The third-order valence-corrected chi connectivity index (χ3v) is 3.94. The van der Waals surface area contributed by atoms with Crippen molar-refractivity contribution in [3.63, 3.8) is 0 Å². The summed E-state index contributed by atoms with van der Waals surface area (Å²) in [5, 5.41) is 11.8. The van der Waals surface area contributed by atoms with Gasteiger partial charge in [0.25, 0.3) is 0 Å². The molecule has 5 nitrogen and oxygen atoms in total. The van der Waals surface area contributed by atoms with Gasteiger partial charge in [-0.25, -0.2) is 9.59 Å². The van der Waals surface area contributed by atoms with E-state index in [1.54, 1.807) is 24.3 Å². The number of carbonyl (C=O) groups excluding carboxylic acids is 1. The molecule has 1 heterocycles. The van der Waals surface area contributed by atoms with Gasteiger partial charge in [0, 0.05) is 19.1 Å². The lowest BCUT2D eigenvalue weighted by atomic mass is 10.1. The lowest BCUT2D eigenvalue weighted by Crippen LogP contribution is -2.42. The highest BCUT2D eigenvalue weighted by atomic mass is 16.4. The summed E-state index contributed by atoms with van der Waals surface area (Å²) in [6.45, 7) is 5.62. The van der Waals surface area contributed by atoms with Gasteiger partial charge in [-0.1, -0.05) is 19.1 Å². The van der Waals surface area contributed by atoms with Crippen LogP contribution in [-0.4, -0.2) is 41.1 Å². The van der Waals surface area contributed by atoms with Gasteiger partial charge in [0.1, 0.15) is 0 Å². The van der Waals surface area contributed by atoms with Gasteiger partial charge >= 0.3 is 12.0 Å². The maximum Gasteiger partial charge on any atom is 0.335 e. The quantitative estimate of drug-likeness (QED) is 0.894. The number of benzene rings is 1. The lowest BCUT2D eigenvalue weighted by Gasteiger charge is -2.21. The average Bonchev–Trinajstić information content (AvgIpc) is 2.78. The van der Waals surface area contributed by atoms with Gasteiger partial charge in [0.05, 0.1) is 5.56 Å². The summed E-state index contributed by atoms with van der Waals surface area (Å²) in [5.74, 6) is -0.360. The molecule has 2 amide bonds. The molecule has 1 aromatic rings. The Morgan fingerprint density at radius 3 is 2.48 bits per heavy atom. The minimum absolute atomic E-state index is 0.00555. The zero-order valence-electron chi connectivity index (χ0n) is 12.5. The monoisotopic (exact) mass is 290 g/mol. The number of urea groups is 1. The summed E-state index contributed by atoms with van der Waals surface area (Å²) in [7, 11) is 0. The molecule has 0 saturated carbocycles. The molecule has 0 bridgehead atoms. The van der Waals surface area contributed by atoms with Crippen molar-refractivity contribution in [1.82, 2.24) is 10.2 Å². The van der Waals surface area contributed by atoms with Crippen molar-refractivity contribution in [2.45, 2.75) is 32.7 Å². The van der Waals surface area contributed by atoms with Crippen LogP contribution in [0.2, 0.25) is 0 Å². The van der Waals surface area contributed by atoms with Gasteiger partial charge in [-0.3, -0.25) is 0 Å². The number of likely N-dealkylation sites (tertiary alicyclic amines) is 1. The van der Waals surface area contributed by atoms with Crippen LogP contribution in [0.15, 0.2) is 24.3 Å². The van der Waals surface area contributed by atoms with Crippen LogP contribution in [-0.2, 0) is 6.42 Å². The molecule has 2 unspecified atom stereocenters. The Hall–Kier alpha value is -2.04. The predicted molar refractivity (Wildman–Crippen MR) is 80.5 cm³/mol. The summed E-state index contributed by atoms with van der Waals surface area (Å²) in [6, 6.07) is 7.04. The van der Waals surface area contributed by atoms with Crippen molar-refractivity contribution >= 4 is 12.0 Å². The molecule has 2 atom stereocenters. The summed E-state index contributed by atoms with van der Waals surface area (Å²) in [4.78, 5) is 24.7. The van der Waals surface area contributed by atoms with Crippen molar-refractivity contribution in [1.29, 1.82) is 0 Å². The first kappa shape index (κ1) is 15.4. The number of amides is 2. The Balaban J connectivity index is 1.79. The smallest absolute Gasteiger partial charge is 0.335 e. The molecule has 0 radical (unpaired) electrons. The van der Waals surface area contributed by atoms with Gasteiger partial charge in [-0.2, -0.15) is 0 Å². The van der Waals surface area contributed by atoms with E-state index in [4.69, 9.17) is 5.11 Å². The van der Waals surface area contributed by atoms with Crippen LogP contribution in [0.3, 0.4) is 0 Å². The Kier molecular flexibility index (Phi) is 4.83. The first-order chi connectivity index (χ1) is 9.97. The van der Waals surface area contributed by atoms with E-state index in [0.29, 0.717) is 24.9 Å². The van der Waals surface area contributed by atoms with Crippen molar-refractivity contribution in [3.05, 3.63) is 35.4 Å². The number of rotatable bonds is 4. The second kappa shape index (κ2) is 6.61. The van der Waals surface area contributed by atoms with E-state index < -0.39 is 5.97 Å². The number of carboxylic acids is 1. The zero-order chi connectivity index (χ0) is 15.4. The molecule has 0 aliphatic carbocycles. The van der Waals surface area contributed by atoms with Crippen molar-refractivity contribution in [3.8, 4) is 0 Å². The summed E-state index contributed by atoms with van der Waals surface area (Å²) >= 11 is 0. The topological polar surface area (TPSA) is 69.6 Å². The molecule has 2 N–H and O–H groups in total. The van der Waals surface area contributed by atoms with E-state index in [-0.39, 0.29) is 11.6 Å². The van der Waals surface area contributed by atoms with E-state index in [9.17, 15) is 9.59 Å². The SMILES string of the molecule is CC1CC(C)N(C(=O)NCCc2ccc(C(=O)O)cc2)C1. The van der Waals surface area contributed by atoms with Crippen LogP contribution in [0.4, 0.5) is 4.79 Å². The fourth-order valence-corrected chi connectivity index (χ4v) is 2.81. The Bertz CT molecular complexity index is 513. The van der Waals surface area contributed by atoms with E-state index >= 15 is 0 Å². The molecule has 5 heteroatoms. The Morgan fingerprint density at radius 1 is 1.29 bits per heavy atom. The van der Waals surface area contributed by atoms with Crippen LogP contribution in [0.5, 0.6) is 0 Å². The molecule has 1 aromatic carbocycles. The highest BCUT2D eigenvalue weighted by Gasteiger charge is 2.29. The third kappa shape index (κ3) is 3.97. The minimum Gasteiger partial charge on any atom is -0.478 e. The Morgan fingerprint density at radius 2 is 1.95 bits per heavy atom. The van der Waals surface area contributed by atoms with E-state index in [1.165, 1.54) is 0 Å². The van der Waals surface area contributed by atoms with Crippen LogP contribution in [0, 0.1) is 5.92 Å². The molecular weight excluding hydrogens is 268 g/mol. The van der Waals surface area contributed by atoms with E-state index in [0.717, 1.165) is 18.5 Å². The number of hydrogen-bond acceptors (Lipinski definition) is 2. The molecule has 2 rings (SSSR count). The van der Waals surface area contributed by atoms with Gasteiger partial charge in [-0.15, -0.1) is 0 Å². The number of carbonyl (C=O) groups is 2. The van der Waals surface area contributed by atoms with Gasteiger partial charge in [0.15, 0.2) is 0 Å². The largest absolute Gasteiger partial charge is 0.478 e. The van der Waals surface area contributed by atoms with Gasteiger partial charge < -0.3 is 15.3 Å². The fraction of sp³-hybridized carbons (Fsp3) is 0.500. The maximum atomic E-state index is 12.1. The van der Waals surface area contributed by atoms with E-state index in [2.05, 4.69) is 19.2 Å². The molecule has 1 saturated heterocycles. The van der Waals surface area contributed by atoms with Crippen LogP contribution in [0.25, 0.3) is 0 Å². The lowest BCUT2D eigenvalue weighted by molar-refractivity contribution is 0.0697. The highest BCUT2D eigenvalue weighted by Crippen LogP contribution is 2.21. The number of nitrogens with one attached hydrogen (secondary N) is 1. The summed E-state index contributed by atoms with van der Waals surface area (Å²) in [5.41, 5.74) is 1.30. The number of hydrogen-bond donors (Lipinski definition) is 2. The van der Waals surface area contributed by atoms with E-state index in [1.807, 2.05) is 4.90 Å². The molecular formula is C16H22N2O3. The zero-order valence-corrected chi connectivity index (χ0v) is 12.5. The second-order valence-corrected chi connectivity index (χ2v) is 5.83. The first-order valence-electron chi connectivity index (χ1n) is 7.34.